The molecule has 168 valence electrons. The van der Waals surface area contributed by atoms with Crippen LogP contribution >= 0.6 is 0 Å². The maximum atomic E-state index is 13.0. The molecule has 1 aromatic carbocycles. The van der Waals surface area contributed by atoms with Gasteiger partial charge in [0.1, 0.15) is 0 Å². The Hall–Kier alpha value is -2.71. The first-order chi connectivity index (χ1) is 15.4. The van der Waals surface area contributed by atoms with E-state index in [1.807, 2.05) is 30.2 Å². The average Bonchev–Trinajstić information content (AvgIpc) is 3.49. The predicted molar refractivity (Wildman–Crippen MR) is 122 cm³/mol. The summed E-state index contributed by atoms with van der Waals surface area (Å²) in [5.41, 5.74) is 3.55. The summed E-state index contributed by atoms with van der Waals surface area (Å²) in [6.45, 7) is 4.50. The van der Waals surface area contributed by atoms with Crippen molar-refractivity contribution in [2.75, 3.05) is 26.2 Å². The van der Waals surface area contributed by atoms with Gasteiger partial charge in [0.25, 0.3) is 5.91 Å². The normalized spacial score (nSPS) is 18.5. The average molecular weight is 453 g/mol. The molecule has 2 saturated heterocycles. The first kappa shape index (κ1) is 21.2. The van der Waals surface area contributed by atoms with Crippen LogP contribution in [0.25, 0.3) is 5.52 Å². The van der Waals surface area contributed by atoms with E-state index in [-0.39, 0.29) is 11.8 Å². The number of piperidine rings is 1. The maximum Gasteiger partial charge on any atom is 0.257 e. The number of nitrogens with zero attached hydrogens (tertiary/aromatic N) is 4. The van der Waals surface area contributed by atoms with E-state index in [1.54, 1.807) is 33.2 Å². The van der Waals surface area contributed by atoms with E-state index in [0.29, 0.717) is 23.5 Å². The number of likely N-dealkylation sites (tertiary alicyclic amines) is 1. The summed E-state index contributed by atoms with van der Waals surface area (Å²) >= 11 is 0. The van der Waals surface area contributed by atoms with Crippen LogP contribution in [0, 0.1) is 6.92 Å². The van der Waals surface area contributed by atoms with Crippen LogP contribution in [0.5, 0.6) is 0 Å². The van der Waals surface area contributed by atoms with Crippen LogP contribution in [-0.4, -0.2) is 59.3 Å². The van der Waals surface area contributed by atoms with Crippen LogP contribution in [0.15, 0.2) is 53.7 Å². The van der Waals surface area contributed by atoms with Crippen LogP contribution in [-0.2, 0) is 10.0 Å². The van der Waals surface area contributed by atoms with Gasteiger partial charge in [-0.2, -0.15) is 9.40 Å². The quantitative estimate of drug-likeness (QED) is 0.608. The summed E-state index contributed by atoms with van der Waals surface area (Å²) in [5, 5.41) is 4.36. The molecule has 0 bridgehead atoms. The molecule has 3 aromatic rings. The largest absolute Gasteiger partial charge is 0.339 e. The van der Waals surface area contributed by atoms with Gasteiger partial charge in [-0.25, -0.2) is 12.9 Å². The molecule has 5 rings (SSSR count). The van der Waals surface area contributed by atoms with Crippen LogP contribution in [0.1, 0.15) is 53.1 Å². The summed E-state index contributed by atoms with van der Waals surface area (Å²) < 4.78 is 29.4. The lowest BCUT2D eigenvalue weighted by molar-refractivity contribution is 0.0794. The number of aromatic nitrogens is 2. The Morgan fingerprint density at radius 3 is 2.50 bits per heavy atom. The van der Waals surface area contributed by atoms with Crippen molar-refractivity contribution in [1.29, 1.82) is 0 Å². The molecule has 0 saturated carbocycles. The Bertz CT molecular complexity index is 1250. The predicted octanol–water partition coefficient (Wildman–Crippen LogP) is 3.45. The fraction of sp³-hybridized carbons (Fsp3) is 0.417. The number of fused-ring (bicyclic) bond motifs is 1. The fourth-order valence-electron chi connectivity index (χ4n) is 4.86. The Balaban J connectivity index is 1.34. The third kappa shape index (κ3) is 3.82. The minimum absolute atomic E-state index is 0.0497. The number of hydrogen-bond acceptors (Lipinski definition) is 4. The number of hydrogen-bond donors (Lipinski definition) is 0. The van der Waals surface area contributed by atoms with Gasteiger partial charge in [0.05, 0.1) is 22.2 Å². The molecule has 0 radical (unpaired) electrons. The number of benzene rings is 1. The lowest BCUT2D eigenvalue weighted by Crippen LogP contribution is -2.37. The van der Waals surface area contributed by atoms with Crippen LogP contribution in [0.4, 0.5) is 0 Å². The van der Waals surface area contributed by atoms with E-state index in [0.717, 1.165) is 55.4 Å². The SMILES string of the molecule is Cc1cccc(S(=O)(=O)N2CCC(c3ccn4ncc(C(=O)N5CCCC5)c4c3)CC2)c1. The molecular weight excluding hydrogens is 424 g/mol. The molecule has 0 N–H and O–H groups in total. The number of sulfonamides is 1. The molecule has 7 nitrogen and oxygen atoms in total. The smallest absolute Gasteiger partial charge is 0.257 e. The zero-order valence-electron chi connectivity index (χ0n) is 18.3. The van der Waals surface area contributed by atoms with Gasteiger partial charge in [-0.15, -0.1) is 0 Å². The minimum atomic E-state index is -3.47. The van der Waals surface area contributed by atoms with Crippen molar-refractivity contribution in [3.05, 3.63) is 65.5 Å². The molecule has 2 aliphatic rings. The number of pyridine rings is 1. The van der Waals surface area contributed by atoms with Gasteiger partial charge < -0.3 is 4.90 Å². The molecule has 0 aliphatic carbocycles. The monoisotopic (exact) mass is 452 g/mol. The van der Waals surface area contributed by atoms with Crippen molar-refractivity contribution < 1.29 is 13.2 Å². The van der Waals surface area contributed by atoms with Gasteiger partial charge in [0, 0.05) is 32.4 Å². The van der Waals surface area contributed by atoms with Gasteiger partial charge in [0.15, 0.2) is 0 Å². The zero-order chi connectivity index (χ0) is 22.3. The van der Waals surface area contributed by atoms with E-state index < -0.39 is 10.0 Å². The number of aryl methyl sites for hydroxylation is 1. The highest BCUT2D eigenvalue weighted by atomic mass is 32.2. The number of amides is 1. The van der Waals surface area contributed by atoms with E-state index >= 15 is 0 Å². The second-order valence-corrected chi connectivity index (χ2v) is 10.8. The van der Waals surface area contributed by atoms with Crippen molar-refractivity contribution in [2.24, 2.45) is 0 Å². The summed E-state index contributed by atoms with van der Waals surface area (Å²) in [4.78, 5) is 15.2. The Labute approximate surface area is 188 Å². The van der Waals surface area contributed by atoms with Crippen LogP contribution in [0.3, 0.4) is 0 Å². The van der Waals surface area contributed by atoms with Gasteiger partial charge in [-0.3, -0.25) is 4.79 Å². The van der Waals surface area contributed by atoms with Gasteiger partial charge in [-0.05, 0) is 73.9 Å². The molecule has 2 aromatic heterocycles. The molecule has 0 spiro atoms. The van der Waals surface area contributed by atoms with Crippen molar-refractivity contribution >= 4 is 21.4 Å². The van der Waals surface area contributed by atoms with E-state index in [4.69, 9.17) is 0 Å². The number of carbonyl (C=O) groups excluding carboxylic acids is 1. The van der Waals surface area contributed by atoms with E-state index in [1.165, 1.54) is 0 Å². The Morgan fingerprint density at radius 1 is 1.03 bits per heavy atom. The minimum Gasteiger partial charge on any atom is -0.339 e. The van der Waals surface area contributed by atoms with Gasteiger partial charge in [-0.1, -0.05) is 12.1 Å². The highest BCUT2D eigenvalue weighted by Gasteiger charge is 2.30. The topological polar surface area (TPSA) is 75.0 Å². The van der Waals surface area contributed by atoms with Crippen molar-refractivity contribution in [2.45, 2.75) is 43.4 Å². The first-order valence-electron chi connectivity index (χ1n) is 11.3. The second-order valence-electron chi connectivity index (χ2n) is 8.84. The standard InChI is InChI=1S/C24H28N4O3S/c1-18-5-4-6-21(15-18)32(30,31)27-12-7-19(8-13-27)20-9-14-28-23(16-20)22(17-25-28)24(29)26-10-2-3-11-26/h4-6,9,14-17,19H,2-3,7-8,10-13H2,1H3. The van der Waals surface area contributed by atoms with Crippen LogP contribution in [0.2, 0.25) is 0 Å². The first-order valence-corrected chi connectivity index (χ1v) is 12.7. The van der Waals surface area contributed by atoms with E-state index in [2.05, 4.69) is 11.2 Å². The second kappa shape index (κ2) is 8.33. The summed E-state index contributed by atoms with van der Waals surface area (Å²) in [7, 11) is -3.47. The fourth-order valence-corrected chi connectivity index (χ4v) is 6.44. The Morgan fingerprint density at radius 2 is 1.78 bits per heavy atom. The number of carbonyl (C=O) groups is 1. The molecule has 32 heavy (non-hydrogen) atoms. The highest BCUT2D eigenvalue weighted by Crippen LogP contribution is 2.32. The molecule has 0 atom stereocenters. The Kier molecular flexibility index (Phi) is 5.51. The van der Waals surface area contributed by atoms with Crippen LogP contribution < -0.4 is 0 Å². The lowest BCUT2D eigenvalue weighted by Gasteiger charge is -2.31. The van der Waals surface area contributed by atoms with E-state index in [9.17, 15) is 13.2 Å². The lowest BCUT2D eigenvalue weighted by atomic mass is 9.90. The van der Waals surface area contributed by atoms with Crippen molar-refractivity contribution in [3.8, 4) is 0 Å². The summed E-state index contributed by atoms with van der Waals surface area (Å²) in [5.74, 6) is 0.308. The molecule has 2 fully saturated rings. The summed E-state index contributed by atoms with van der Waals surface area (Å²) in [6, 6.07) is 11.2. The molecule has 2 aliphatic heterocycles. The highest BCUT2D eigenvalue weighted by molar-refractivity contribution is 7.89. The maximum absolute atomic E-state index is 13.0. The molecule has 4 heterocycles. The van der Waals surface area contributed by atoms with Crippen molar-refractivity contribution in [1.82, 2.24) is 18.8 Å². The third-order valence-electron chi connectivity index (χ3n) is 6.72. The molecule has 0 unspecified atom stereocenters. The molecule has 1 amide bonds. The van der Waals surface area contributed by atoms with Gasteiger partial charge >= 0.3 is 0 Å². The van der Waals surface area contributed by atoms with Crippen molar-refractivity contribution in [3.63, 3.8) is 0 Å². The van der Waals surface area contributed by atoms with Gasteiger partial charge in [0.2, 0.25) is 10.0 Å². The third-order valence-corrected chi connectivity index (χ3v) is 8.62. The molecular formula is C24H28N4O3S. The zero-order valence-corrected chi connectivity index (χ0v) is 19.1. The molecule has 8 heteroatoms. The number of rotatable bonds is 4. The summed E-state index contributed by atoms with van der Waals surface area (Å²) in [6.07, 6.45) is 7.19.